The second-order valence-electron chi connectivity index (χ2n) is 5.31. The maximum absolute atomic E-state index is 11.0. The summed E-state index contributed by atoms with van der Waals surface area (Å²) in [6, 6.07) is 14.4. The van der Waals surface area contributed by atoms with Crippen molar-refractivity contribution in [1.29, 1.82) is 0 Å². The fraction of sp³-hybridized carbons (Fsp3) is 0.222. The van der Waals surface area contributed by atoms with E-state index in [1.807, 2.05) is 30.5 Å². The molecule has 0 aliphatic carbocycles. The van der Waals surface area contributed by atoms with E-state index < -0.39 is 0 Å². The molecule has 0 atom stereocenters. The highest BCUT2D eigenvalue weighted by Crippen LogP contribution is 2.27. The number of fused-ring (bicyclic) bond motifs is 1. The van der Waals surface area contributed by atoms with Crippen LogP contribution in [0, 0.1) is 3.70 Å². The number of hydrogen-bond acceptors (Lipinski definition) is 3. The van der Waals surface area contributed by atoms with Gasteiger partial charge in [-0.3, -0.25) is 4.79 Å². The second kappa shape index (κ2) is 7.12. The molecule has 0 spiro atoms. The number of benzene rings is 1. The molecule has 4 nitrogen and oxygen atoms in total. The molecule has 0 aliphatic rings. The van der Waals surface area contributed by atoms with E-state index in [0.29, 0.717) is 13.0 Å². The van der Waals surface area contributed by atoms with Crippen molar-refractivity contribution in [3.05, 3.63) is 63.5 Å². The van der Waals surface area contributed by atoms with Crippen LogP contribution in [0.2, 0.25) is 0 Å². The lowest BCUT2D eigenvalue weighted by molar-refractivity contribution is -0.140. The van der Waals surface area contributed by atoms with Crippen molar-refractivity contribution >= 4 is 39.6 Å². The average Bonchev–Trinajstić information content (AvgIpc) is 2.81. The van der Waals surface area contributed by atoms with Gasteiger partial charge in [0.1, 0.15) is 5.65 Å². The van der Waals surface area contributed by atoms with Crippen LogP contribution >= 0.6 is 22.6 Å². The van der Waals surface area contributed by atoms with Crippen molar-refractivity contribution in [2.75, 3.05) is 6.61 Å². The molecular weight excluding hydrogens is 403 g/mol. The van der Waals surface area contributed by atoms with Gasteiger partial charge in [-0.1, -0.05) is 30.3 Å². The standard InChI is InChI=1S/C18H17IN2O2/c1-13(22)23-11-9-15-16-8-5-10-20-18(16)21(17(15)19)12-14-6-3-2-4-7-14/h2-8,10H,9,11-12H2,1H3. The van der Waals surface area contributed by atoms with Crippen LogP contribution in [0.3, 0.4) is 0 Å². The molecule has 0 N–H and O–H groups in total. The predicted octanol–water partition coefficient (Wildman–Crippen LogP) is 3.79. The van der Waals surface area contributed by atoms with Crippen molar-refractivity contribution in [3.63, 3.8) is 0 Å². The van der Waals surface area contributed by atoms with E-state index in [1.54, 1.807) is 0 Å². The fourth-order valence-corrected chi connectivity index (χ4v) is 3.62. The molecule has 0 amide bonds. The van der Waals surface area contributed by atoms with E-state index in [1.165, 1.54) is 18.1 Å². The molecule has 0 radical (unpaired) electrons. The molecule has 2 aromatic heterocycles. The van der Waals surface area contributed by atoms with Gasteiger partial charge >= 0.3 is 5.97 Å². The number of nitrogens with zero attached hydrogens (tertiary/aromatic N) is 2. The Kier molecular flexibility index (Phi) is 4.95. The molecule has 0 fully saturated rings. The number of hydrogen-bond donors (Lipinski definition) is 0. The molecular formula is C18H17IN2O2. The molecule has 3 rings (SSSR count). The zero-order valence-electron chi connectivity index (χ0n) is 12.8. The Morgan fingerprint density at radius 1 is 1.22 bits per heavy atom. The summed E-state index contributed by atoms with van der Waals surface area (Å²) in [6.07, 6.45) is 2.51. The lowest BCUT2D eigenvalue weighted by Gasteiger charge is -2.07. The number of pyridine rings is 1. The maximum atomic E-state index is 11.0. The van der Waals surface area contributed by atoms with Gasteiger partial charge in [0.25, 0.3) is 0 Å². The van der Waals surface area contributed by atoms with Crippen molar-refractivity contribution in [2.45, 2.75) is 19.9 Å². The summed E-state index contributed by atoms with van der Waals surface area (Å²) in [5, 5.41) is 1.12. The first-order valence-electron chi connectivity index (χ1n) is 7.45. The van der Waals surface area contributed by atoms with Crippen LogP contribution in [0.4, 0.5) is 0 Å². The number of esters is 1. The molecule has 0 unspecified atom stereocenters. The molecule has 5 heteroatoms. The monoisotopic (exact) mass is 420 g/mol. The Labute approximate surface area is 148 Å². The summed E-state index contributed by atoms with van der Waals surface area (Å²) < 4.78 is 8.47. The molecule has 118 valence electrons. The molecule has 23 heavy (non-hydrogen) atoms. The highest BCUT2D eigenvalue weighted by Gasteiger charge is 2.16. The van der Waals surface area contributed by atoms with E-state index in [2.05, 4.69) is 50.3 Å². The summed E-state index contributed by atoms with van der Waals surface area (Å²) in [4.78, 5) is 15.5. The molecule has 1 aromatic carbocycles. The minimum atomic E-state index is -0.244. The number of aromatic nitrogens is 2. The Bertz CT molecular complexity index is 828. The average molecular weight is 420 g/mol. The Hall–Kier alpha value is -1.89. The minimum Gasteiger partial charge on any atom is -0.466 e. The lowest BCUT2D eigenvalue weighted by atomic mass is 10.2. The summed E-state index contributed by atoms with van der Waals surface area (Å²) >= 11 is 2.36. The summed E-state index contributed by atoms with van der Waals surface area (Å²) in [5.41, 5.74) is 3.39. The van der Waals surface area contributed by atoms with Crippen molar-refractivity contribution in [1.82, 2.24) is 9.55 Å². The maximum Gasteiger partial charge on any atom is 0.302 e. The number of carbonyl (C=O) groups excluding carboxylic acids is 1. The first kappa shape index (κ1) is 16.0. The van der Waals surface area contributed by atoms with Crippen molar-refractivity contribution in [2.24, 2.45) is 0 Å². The van der Waals surface area contributed by atoms with Crippen LogP contribution in [-0.4, -0.2) is 22.1 Å². The predicted molar refractivity (Wildman–Crippen MR) is 98.3 cm³/mol. The summed E-state index contributed by atoms with van der Waals surface area (Å²) in [6.45, 7) is 2.61. The van der Waals surface area contributed by atoms with E-state index in [9.17, 15) is 4.79 Å². The smallest absolute Gasteiger partial charge is 0.302 e. The largest absolute Gasteiger partial charge is 0.466 e. The third-order valence-electron chi connectivity index (χ3n) is 3.69. The highest BCUT2D eigenvalue weighted by molar-refractivity contribution is 14.1. The van der Waals surface area contributed by atoms with Gasteiger partial charge in [-0.25, -0.2) is 4.98 Å². The first-order valence-corrected chi connectivity index (χ1v) is 8.53. The Balaban J connectivity index is 1.97. The SMILES string of the molecule is CC(=O)OCCc1c(I)n(Cc2ccccc2)c2ncccc12. The number of carbonyl (C=O) groups is 1. The third kappa shape index (κ3) is 3.55. The zero-order valence-corrected chi connectivity index (χ0v) is 15.0. The van der Waals surface area contributed by atoms with Gasteiger partial charge in [0.2, 0.25) is 0 Å². The van der Waals surface area contributed by atoms with E-state index >= 15 is 0 Å². The third-order valence-corrected chi connectivity index (χ3v) is 4.93. The normalized spacial score (nSPS) is 10.9. The molecule has 0 saturated carbocycles. The highest BCUT2D eigenvalue weighted by atomic mass is 127. The molecule has 0 bridgehead atoms. The zero-order chi connectivity index (χ0) is 16.2. The van der Waals surface area contributed by atoms with Gasteiger partial charge < -0.3 is 9.30 Å². The van der Waals surface area contributed by atoms with Crippen LogP contribution in [-0.2, 0) is 22.5 Å². The van der Waals surface area contributed by atoms with Crippen LogP contribution in [0.5, 0.6) is 0 Å². The van der Waals surface area contributed by atoms with Gasteiger partial charge in [0.05, 0.1) is 16.9 Å². The molecule has 3 aromatic rings. The van der Waals surface area contributed by atoms with Crippen LogP contribution < -0.4 is 0 Å². The number of halogens is 1. The number of rotatable bonds is 5. The second-order valence-corrected chi connectivity index (χ2v) is 6.33. The quantitative estimate of drug-likeness (QED) is 0.466. The fourth-order valence-electron chi connectivity index (χ4n) is 2.66. The lowest BCUT2D eigenvalue weighted by Crippen LogP contribution is -2.06. The van der Waals surface area contributed by atoms with Crippen LogP contribution in [0.15, 0.2) is 48.7 Å². The van der Waals surface area contributed by atoms with Gasteiger partial charge in [0, 0.05) is 24.9 Å². The minimum absolute atomic E-state index is 0.244. The molecule has 0 saturated heterocycles. The van der Waals surface area contributed by atoms with Gasteiger partial charge in [-0.05, 0) is 45.9 Å². The Morgan fingerprint density at radius 3 is 2.74 bits per heavy atom. The van der Waals surface area contributed by atoms with Gasteiger partial charge in [0.15, 0.2) is 0 Å². The number of ether oxygens (including phenoxy) is 1. The summed E-state index contributed by atoms with van der Waals surface area (Å²) in [5.74, 6) is -0.244. The van der Waals surface area contributed by atoms with Crippen LogP contribution in [0.1, 0.15) is 18.1 Å². The summed E-state index contributed by atoms with van der Waals surface area (Å²) in [7, 11) is 0. The Morgan fingerprint density at radius 2 is 2.00 bits per heavy atom. The molecule has 0 aliphatic heterocycles. The first-order chi connectivity index (χ1) is 11.2. The van der Waals surface area contributed by atoms with Crippen molar-refractivity contribution in [3.8, 4) is 0 Å². The van der Waals surface area contributed by atoms with Gasteiger partial charge in [-0.15, -0.1) is 0 Å². The molecule has 2 heterocycles. The van der Waals surface area contributed by atoms with Gasteiger partial charge in [-0.2, -0.15) is 0 Å². The topological polar surface area (TPSA) is 44.1 Å². The van der Waals surface area contributed by atoms with Crippen molar-refractivity contribution < 1.29 is 9.53 Å². The van der Waals surface area contributed by atoms with E-state index in [4.69, 9.17) is 4.74 Å². The van der Waals surface area contributed by atoms with Crippen LogP contribution in [0.25, 0.3) is 11.0 Å². The van der Waals surface area contributed by atoms with E-state index in [-0.39, 0.29) is 5.97 Å². The van der Waals surface area contributed by atoms with E-state index in [0.717, 1.165) is 21.3 Å².